The lowest BCUT2D eigenvalue weighted by Gasteiger charge is -2.43. The summed E-state index contributed by atoms with van der Waals surface area (Å²) in [6.45, 7) is 9.57. The summed E-state index contributed by atoms with van der Waals surface area (Å²) in [4.78, 5) is 15.0. The van der Waals surface area contributed by atoms with Crippen LogP contribution in [0.5, 0.6) is 0 Å². The lowest BCUT2D eigenvalue weighted by Crippen LogP contribution is -2.47. The number of nitrogens with one attached hydrogen (secondary N) is 1. The van der Waals surface area contributed by atoms with Gasteiger partial charge in [-0.2, -0.15) is 0 Å². The molecule has 6 rings (SSSR count). The fourth-order valence-corrected chi connectivity index (χ4v) is 7.79. The third-order valence-electron chi connectivity index (χ3n) is 7.64. The maximum absolute atomic E-state index is 13.2. The third kappa shape index (κ3) is 4.74. The molecule has 2 atom stereocenters. The van der Waals surface area contributed by atoms with Crippen LogP contribution >= 0.6 is 0 Å². The fraction of sp³-hybridized carbons (Fsp3) is 0.367. The Morgan fingerprint density at radius 1 is 0.923 bits per heavy atom. The molecule has 2 aromatic heterocycles. The topological polar surface area (TPSA) is 97.2 Å². The summed E-state index contributed by atoms with van der Waals surface area (Å²) in [7, 11) is -3.72. The van der Waals surface area contributed by atoms with E-state index in [4.69, 9.17) is 5.10 Å². The Hall–Kier alpha value is -3.56. The molecule has 0 amide bonds. The summed E-state index contributed by atoms with van der Waals surface area (Å²) in [5.41, 5.74) is 2.58. The van der Waals surface area contributed by atoms with E-state index in [-0.39, 0.29) is 16.4 Å². The molecule has 2 bridgehead atoms. The summed E-state index contributed by atoms with van der Waals surface area (Å²) in [6, 6.07) is 19.0. The Bertz CT molecular complexity index is 1760. The molecule has 2 aromatic carbocycles. The number of pyridine rings is 1. The minimum Gasteiger partial charge on any atom is -0.354 e. The number of rotatable bonds is 4. The van der Waals surface area contributed by atoms with E-state index in [2.05, 4.69) is 26.9 Å². The van der Waals surface area contributed by atoms with Crippen LogP contribution in [0.4, 0.5) is 5.82 Å². The molecule has 1 fully saturated rings. The van der Waals surface area contributed by atoms with Crippen molar-refractivity contribution in [3.63, 3.8) is 0 Å². The van der Waals surface area contributed by atoms with Gasteiger partial charge in [-0.1, -0.05) is 42.5 Å². The molecule has 4 heterocycles. The van der Waals surface area contributed by atoms with Crippen molar-refractivity contribution in [1.82, 2.24) is 19.5 Å². The predicted molar refractivity (Wildman–Crippen MR) is 154 cm³/mol. The first-order valence-corrected chi connectivity index (χ1v) is 14.8. The second-order valence-electron chi connectivity index (χ2n) is 11.9. The number of hydrogen-bond donors (Lipinski definition) is 1. The Balaban J connectivity index is 1.41. The molecule has 39 heavy (non-hydrogen) atoms. The van der Waals surface area contributed by atoms with E-state index >= 15 is 0 Å². The molecule has 0 spiro atoms. The molecular formula is C30H33N5O3S. The lowest BCUT2D eigenvalue weighted by molar-refractivity contribution is 0.280. The van der Waals surface area contributed by atoms with Crippen LogP contribution in [0.15, 0.2) is 70.4 Å². The minimum absolute atomic E-state index is 0.0717. The van der Waals surface area contributed by atoms with Crippen molar-refractivity contribution in [3.8, 4) is 11.3 Å². The van der Waals surface area contributed by atoms with E-state index in [9.17, 15) is 13.2 Å². The SMILES string of the molecule is Cc1ccc(-c2nnc(N3C[C@@H]4C[C@H](C3)c3cccc(=O)n3C4)c3ccccc23)cc1S(=O)(=O)NC(C)(C)C. The third-order valence-corrected chi connectivity index (χ3v) is 9.54. The van der Waals surface area contributed by atoms with Crippen LogP contribution < -0.4 is 15.2 Å². The van der Waals surface area contributed by atoms with Crippen molar-refractivity contribution in [3.05, 3.63) is 82.3 Å². The van der Waals surface area contributed by atoms with Gasteiger partial charge in [-0.3, -0.25) is 4.79 Å². The number of aromatic nitrogens is 3. The first kappa shape index (κ1) is 25.7. The van der Waals surface area contributed by atoms with Crippen molar-refractivity contribution in [1.29, 1.82) is 0 Å². The van der Waals surface area contributed by atoms with Gasteiger partial charge in [0.05, 0.1) is 4.90 Å². The highest BCUT2D eigenvalue weighted by Crippen LogP contribution is 2.39. The van der Waals surface area contributed by atoms with Crippen LogP contribution in [-0.4, -0.2) is 41.8 Å². The van der Waals surface area contributed by atoms with Crippen LogP contribution in [-0.2, 0) is 16.6 Å². The molecule has 0 saturated carbocycles. The Kier molecular flexibility index (Phi) is 6.11. The van der Waals surface area contributed by atoms with Gasteiger partial charge >= 0.3 is 0 Å². The van der Waals surface area contributed by atoms with Crippen LogP contribution in [0, 0.1) is 12.8 Å². The molecule has 2 aliphatic rings. The van der Waals surface area contributed by atoms with Crippen molar-refractivity contribution in [2.24, 2.45) is 5.92 Å². The van der Waals surface area contributed by atoms with Gasteiger partial charge in [0.15, 0.2) is 5.82 Å². The van der Waals surface area contributed by atoms with E-state index in [1.807, 2.05) is 61.7 Å². The molecule has 1 saturated heterocycles. The average molecular weight is 544 g/mol. The number of benzene rings is 2. The van der Waals surface area contributed by atoms with Gasteiger partial charge in [-0.25, -0.2) is 13.1 Å². The van der Waals surface area contributed by atoms with Crippen LogP contribution in [0.1, 0.15) is 44.4 Å². The maximum Gasteiger partial charge on any atom is 0.250 e. The number of piperidine rings is 1. The van der Waals surface area contributed by atoms with Gasteiger partial charge in [0, 0.05) is 59.2 Å². The van der Waals surface area contributed by atoms with E-state index in [1.54, 1.807) is 19.1 Å². The molecule has 1 N–H and O–H groups in total. The van der Waals surface area contributed by atoms with E-state index in [1.165, 1.54) is 0 Å². The number of hydrogen-bond acceptors (Lipinski definition) is 6. The molecule has 0 radical (unpaired) electrons. The lowest BCUT2D eigenvalue weighted by atomic mass is 9.83. The van der Waals surface area contributed by atoms with Crippen molar-refractivity contribution >= 4 is 26.6 Å². The molecule has 202 valence electrons. The van der Waals surface area contributed by atoms with Crippen molar-refractivity contribution in [2.45, 2.75) is 57.0 Å². The number of aryl methyl sites for hydroxylation is 1. The first-order chi connectivity index (χ1) is 18.5. The summed E-state index contributed by atoms with van der Waals surface area (Å²) < 4.78 is 31.1. The highest BCUT2D eigenvalue weighted by atomic mass is 32.2. The zero-order valence-electron chi connectivity index (χ0n) is 22.7. The number of anilines is 1. The number of nitrogens with zero attached hydrogens (tertiary/aromatic N) is 4. The molecule has 0 unspecified atom stereocenters. The van der Waals surface area contributed by atoms with Gasteiger partial charge in [-0.05, 0) is 57.7 Å². The Morgan fingerprint density at radius 2 is 1.69 bits per heavy atom. The molecule has 2 aliphatic heterocycles. The van der Waals surface area contributed by atoms with Gasteiger partial charge in [0.25, 0.3) is 5.56 Å². The zero-order chi connectivity index (χ0) is 27.5. The largest absolute Gasteiger partial charge is 0.354 e. The highest BCUT2D eigenvalue weighted by Gasteiger charge is 2.36. The zero-order valence-corrected chi connectivity index (χ0v) is 23.5. The predicted octanol–water partition coefficient (Wildman–Crippen LogP) is 4.47. The Labute approximate surface area is 228 Å². The minimum atomic E-state index is -3.72. The Morgan fingerprint density at radius 3 is 2.46 bits per heavy atom. The first-order valence-electron chi connectivity index (χ1n) is 13.4. The molecule has 0 aliphatic carbocycles. The smallest absolute Gasteiger partial charge is 0.250 e. The fourth-order valence-electron chi connectivity index (χ4n) is 6.10. The molecule has 8 nitrogen and oxygen atoms in total. The van der Waals surface area contributed by atoms with E-state index in [0.29, 0.717) is 29.3 Å². The molecule has 9 heteroatoms. The van der Waals surface area contributed by atoms with Crippen LogP contribution in [0.3, 0.4) is 0 Å². The van der Waals surface area contributed by atoms with Gasteiger partial charge < -0.3 is 9.47 Å². The van der Waals surface area contributed by atoms with E-state index in [0.717, 1.165) is 41.8 Å². The molecular weight excluding hydrogens is 510 g/mol. The normalized spacial score (nSPS) is 19.2. The van der Waals surface area contributed by atoms with E-state index < -0.39 is 15.6 Å². The van der Waals surface area contributed by atoms with Gasteiger partial charge in [-0.15, -0.1) is 10.2 Å². The van der Waals surface area contributed by atoms with Crippen LogP contribution in [0.2, 0.25) is 0 Å². The summed E-state index contributed by atoms with van der Waals surface area (Å²) >= 11 is 0. The monoisotopic (exact) mass is 543 g/mol. The second kappa shape index (κ2) is 9.27. The standard InChI is InChI=1S/C30H33N5O3S/c1-19-12-13-21(15-26(19)39(37,38)33-30(2,3)4)28-23-8-5-6-9-24(23)29(32-31-28)34-16-20-14-22(18-34)25-10-7-11-27(36)35(25)17-20/h5-13,15,20,22,33H,14,16-18H2,1-4H3/t20-,22+/m0/s1. The number of sulfonamides is 1. The van der Waals surface area contributed by atoms with Crippen LogP contribution in [0.25, 0.3) is 22.0 Å². The average Bonchev–Trinajstić information content (AvgIpc) is 2.87. The van der Waals surface area contributed by atoms with Crippen molar-refractivity contribution < 1.29 is 8.42 Å². The second-order valence-corrected chi connectivity index (χ2v) is 13.5. The summed E-state index contributed by atoms with van der Waals surface area (Å²) in [6.07, 6.45) is 1.06. The number of fused-ring (bicyclic) bond motifs is 5. The maximum atomic E-state index is 13.2. The summed E-state index contributed by atoms with van der Waals surface area (Å²) in [5, 5.41) is 11.3. The highest BCUT2D eigenvalue weighted by molar-refractivity contribution is 7.89. The van der Waals surface area contributed by atoms with Crippen molar-refractivity contribution in [2.75, 3.05) is 18.0 Å². The quantitative estimate of drug-likeness (QED) is 0.408. The van der Waals surface area contributed by atoms with Gasteiger partial charge in [0.1, 0.15) is 5.69 Å². The molecule has 4 aromatic rings. The summed E-state index contributed by atoms with van der Waals surface area (Å²) in [5.74, 6) is 1.44. The van der Waals surface area contributed by atoms with Gasteiger partial charge in [0.2, 0.25) is 10.0 Å².